The Morgan fingerprint density at radius 3 is 1.51 bits per heavy atom. The van der Waals surface area contributed by atoms with E-state index < -0.39 is 0 Å². The number of hydrogen-bond acceptors (Lipinski definition) is 0. The predicted molar refractivity (Wildman–Crippen MR) is 177 cm³/mol. The first kappa shape index (κ1) is 35.3. The maximum atomic E-state index is 3.29. The fraction of sp³-hybridized carbons (Fsp3) is 0.300. The van der Waals surface area contributed by atoms with Crippen LogP contribution in [-0.4, -0.2) is 3.71 Å². The number of benzene rings is 3. The van der Waals surface area contributed by atoms with Crippen molar-refractivity contribution in [3.63, 3.8) is 0 Å². The van der Waals surface area contributed by atoms with Crippen LogP contribution in [0.25, 0.3) is 32.7 Å². The molecule has 0 N–H and O–H groups in total. The van der Waals surface area contributed by atoms with Gasteiger partial charge < -0.3 is 24.8 Å². The fourth-order valence-corrected chi connectivity index (χ4v) is 7.24. The molecule has 3 aliphatic rings. The molecule has 0 fully saturated rings. The summed E-state index contributed by atoms with van der Waals surface area (Å²) in [5, 5.41) is 5.57. The molecule has 1 atom stereocenters. The Morgan fingerprint density at radius 1 is 0.721 bits per heavy atom. The minimum absolute atomic E-state index is 0. The van der Waals surface area contributed by atoms with Gasteiger partial charge in [-0.05, 0) is 36.1 Å². The number of fused-ring (bicyclic) bond motifs is 5. The van der Waals surface area contributed by atoms with Crippen molar-refractivity contribution in [2.45, 2.75) is 73.1 Å². The van der Waals surface area contributed by atoms with Crippen LogP contribution in [0.5, 0.6) is 0 Å². The van der Waals surface area contributed by atoms with Crippen molar-refractivity contribution >= 4 is 36.4 Å². The van der Waals surface area contributed by atoms with Crippen molar-refractivity contribution in [1.29, 1.82) is 0 Å². The topological polar surface area (TPSA) is 0 Å². The van der Waals surface area contributed by atoms with E-state index in [9.17, 15) is 0 Å². The molecule has 0 amide bonds. The summed E-state index contributed by atoms with van der Waals surface area (Å²) in [7, 11) is 0. The molecule has 0 aliphatic heterocycles. The molecular formula is C40H42Cl2Zr-2. The van der Waals surface area contributed by atoms with Crippen LogP contribution >= 0.6 is 0 Å². The molecule has 0 saturated heterocycles. The molecule has 222 valence electrons. The third-order valence-electron chi connectivity index (χ3n) is 8.88. The minimum atomic E-state index is 0. The van der Waals surface area contributed by atoms with E-state index in [1.807, 2.05) is 6.07 Å². The first-order valence-electron chi connectivity index (χ1n) is 14.8. The molecule has 3 heteroatoms. The van der Waals surface area contributed by atoms with Crippen LogP contribution < -0.4 is 24.8 Å². The third-order valence-corrected chi connectivity index (χ3v) is 9.69. The molecule has 0 aromatic heterocycles. The molecular weight excluding hydrogens is 643 g/mol. The van der Waals surface area contributed by atoms with Crippen LogP contribution in [0, 0.1) is 12.0 Å². The van der Waals surface area contributed by atoms with Crippen LogP contribution in [-0.2, 0) is 35.1 Å². The zero-order valence-electron chi connectivity index (χ0n) is 26.9. The number of hydrogen-bond donors (Lipinski definition) is 0. The van der Waals surface area contributed by atoms with Crippen LogP contribution in [0.2, 0.25) is 0 Å². The second-order valence-corrected chi connectivity index (χ2v) is 13.9. The van der Waals surface area contributed by atoms with Gasteiger partial charge in [-0.15, -0.1) is 46.7 Å². The molecule has 0 radical (unpaired) electrons. The summed E-state index contributed by atoms with van der Waals surface area (Å²) in [4.78, 5) is 0. The number of halogens is 2. The van der Waals surface area contributed by atoms with Crippen LogP contribution in [0.1, 0.15) is 90.1 Å². The summed E-state index contributed by atoms with van der Waals surface area (Å²) in [5.74, 6) is 0.551. The van der Waals surface area contributed by atoms with Crippen molar-refractivity contribution in [1.82, 2.24) is 0 Å². The van der Waals surface area contributed by atoms with E-state index in [1.54, 1.807) is 0 Å². The molecule has 0 heterocycles. The van der Waals surface area contributed by atoms with Gasteiger partial charge in [0, 0.05) is 10.8 Å². The van der Waals surface area contributed by atoms with Crippen LogP contribution in [0.15, 0.2) is 90.0 Å². The van der Waals surface area contributed by atoms with Crippen molar-refractivity contribution in [2.24, 2.45) is 5.92 Å². The first-order valence-corrected chi connectivity index (χ1v) is 16.2. The van der Waals surface area contributed by atoms with E-state index in [4.69, 9.17) is 0 Å². The number of allylic oxidation sites excluding steroid dienone is 8. The van der Waals surface area contributed by atoms with Gasteiger partial charge in [0.25, 0.3) is 0 Å². The van der Waals surface area contributed by atoms with Gasteiger partial charge in [-0.3, -0.25) is 6.08 Å². The SMILES string of the molecule is CC1=CC(C)(C)c2cc3[cH-]c4cc5c(cc4c3cc21)C(C)=CC5(C)C.CC1=[C-]C(C)C=C1C.[Cl-].[Cl-].[Zr+2]=[CH]c1ccccc1. The van der Waals surface area contributed by atoms with Gasteiger partial charge in [0.1, 0.15) is 0 Å². The Hall–Kier alpha value is -2.18. The van der Waals surface area contributed by atoms with E-state index in [1.165, 1.54) is 95.9 Å². The van der Waals surface area contributed by atoms with E-state index in [-0.39, 0.29) is 35.6 Å². The molecule has 4 aromatic rings. The normalized spacial score (nSPS) is 18.3. The Kier molecular flexibility index (Phi) is 11.0. The molecule has 0 bridgehead atoms. The molecule has 3 aliphatic carbocycles. The van der Waals surface area contributed by atoms with Gasteiger partial charge in [0.15, 0.2) is 0 Å². The standard InChI is InChI=1S/C25H25.C8H11.C7H6.2ClH.Zr/c1-14-12-24(3,4)22-8-16-7-17-9-23-19(15(2)13-25(23,5)6)11-21(17)20(16)10-18(14)22;1-6-4-7(2)8(3)5-6;1-7-5-3-2-4-6-7;;;/h7-13H,1-6H3;4,6H,1-3H3;1-6H;2*1H;/q2*-1;;;;+2/p-2. The van der Waals surface area contributed by atoms with Gasteiger partial charge in [0.05, 0.1) is 0 Å². The van der Waals surface area contributed by atoms with Crippen molar-refractivity contribution < 1.29 is 49.0 Å². The van der Waals surface area contributed by atoms with Crippen molar-refractivity contribution in [3.05, 3.63) is 124 Å². The third kappa shape index (κ3) is 7.06. The molecule has 7 rings (SSSR count). The van der Waals surface area contributed by atoms with E-state index >= 15 is 0 Å². The summed E-state index contributed by atoms with van der Waals surface area (Å²) in [6, 6.07) is 22.4. The number of rotatable bonds is 1. The van der Waals surface area contributed by atoms with Crippen molar-refractivity contribution in [2.75, 3.05) is 0 Å². The Balaban J connectivity index is 0.000000233. The summed E-state index contributed by atoms with van der Waals surface area (Å²) in [6.45, 7) is 20.2. The summed E-state index contributed by atoms with van der Waals surface area (Å²) < 4.78 is 2.17. The average Bonchev–Trinajstić information content (AvgIpc) is 3.57. The second kappa shape index (κ2) is 13.4. The zero-order chi connectivity index (χ0) is 29.7. The Labute approximate surface area is 286 Å². The second-order valence-electron chi connectivity index (χ2n) is 13.2. The summed E-state index contributed by atoms with van der Waals surface area (Å²) in [5.41, 5.74) is 12.9. The molecule has 0 saturated carbocycles. The van der Waals surface area contributed by atoms with Crippen LogP contribution in [0.4, 0.5) is 0 Å². The molecule has 43 heavy (non-hydrogen) atoms. The molecule has 4 aromatic carbocycles. The Morgan fingerprint density at radius 2 is 1.19 bits per heavy atom. The van der Waals surface area contributed by atoms with Gasteiger partial charge in [-0.1, -0.05) is 82.9 Å². The zero-order valence-corrected chi connectivity index (χ0v) is 30.9. The van der Waals surface area contributed by atoms with E-state index in [0.717, 1.165) is 0 Å². The molecule has 0 spiro atoms. The van der Waals surface area contributed by atoms with Gasteiger partial charge in [0.2, 0.25) is 0 Å². The van der Waals surface area contributed by atoms with Crippen molar-refractivity contribution in [3.8, 4) is 0 Å². The predicted octanol–water partition coefficient (Wildman–Crippen LogP) is 4.82. The van der Waals surface area contributed by atoms with E-state index in [0.29, 0.717) is 5.92 Å². The average molecular weight is 685 g/mol. The van der Waals surface area contributed by atoms with Gasteiger partial charge in [-0.2, -0.15) is 6.08 Å². The summed E-state index contributed by atoms with van der Waals surface area (Å²) in [6.07, 6.45) is 10.3. The fourth-order valence-electron chi connectivity index (χ4n) is 6.76. The molecule has 1 unspecified atom stereocenters. The maximum absolute atomic E-state index is 3.29. The molecule has 0 nitrogen and oxygen atoms in total. The monoisotopic (exact) mass is 682 g/mol. The summed E-state index contributed by atoms with van der Waals surface area (Å²) >= 11 is 1.46. The quantitative estimate of drug-likeness (QED) is 0.253. The van der Waals surface area contributed by atoms with Gasteiger partial charge >= 0.3 is 63.8 Å². The Bertz CT molecular complexity index is 1680. The van der Waals surface area contributed by atoms with E-state index in [2.05, 4.69) is 145 Å². The first-order chi connectivity index (χ1) is 19.3. The van der Waals surface area contributed by atoms with Gasteiger partial charge in [-0.25, -0.2) is 11.1 Å². The van der Waals surface area contributed by atoms with Crippen LogP contribution in [0.3, 0.4) is 0 Å².